The van der Waals surface area contributed by atoms with Crippen LogP contribution < -0.4 is 9.64 Å². The number of carbonyl (C=O) groups excluding carboxylic acids is 2. The summed E-state index contributed by atoms with van der Waals surface area (Å²) < 4.78 is 12.2. The van der Waals surface area contributed by atoms with Gasteiger partial charge >= 0.3 is 0 Å². The summed E-state index contributed by atoms with van der Waals surface area (Å²) in [7, 11) is 0. The zero-order chi connectivity index (χ0) is 25.7. The average Bonchev–Trinajstić information content (AvgIpc) is 3.58. The highest BCUT2D eigenvalue weighted by atomic mass is 32.1. The Labute approximate surface area is 216 Å². The van der Waals surface area contributed by atoms with Crippen LogP contribution >= 0.6 is 11.3 Å². The number of ketones is 1. The molecule has 8 heteroatoms. The number of nitrogens with zero attached hydrogens (tertiary/aromatic N) is 2. The van der Waals surface area contributed by atoms with Crippen molar-refractivity contribution in [2.45, 2.75) is 19.9 Å². The van der Waals surface area contributed by atoms with Crippen LogP contribution in [0.15, 0.2) is 88.5 Å². The minimum absolute atomic E-state index is 0.0397. The topological polar surface area (TPSA) is 92.9 Å². The van der Waals surface area contributed by atoms with E-state index in [0.717, 1.165) is 15.6 Å². The number of benzene rings is 3. The molecule has 0 saturated carbocycles. The minimum Gasteiger partial charge on any atom is -0.503 e. The number of hydrogen-bond acceptors (Lipinski definition) is 7. The lowest BCUT2D eigenvalue weighted by Gasteiger charge is -2.24. The first-order valence-electron chi connectivity index (χ1n) is 11.8. The van der Waals surface area contributed by atoms with Gasteiger partial charge in [-0.2, -0.15) is 0 Å². The van der Waals surface area contributed by atoms with Gasteiger partial charge in [0, 0.05) is 5.39 Å². The number of ether oxygens (including phenoxy) is 1. The number of aliphatic hydroxyl groups is 1. The number of aromatic nitrogens is 1. The first-order valence-corrected chi connectivity index (χ1v) is 12.7. The van der Waals surface area contributed by atoms with Gasteiger partial charge in [-0.3, -0.25) is 14.5 Å². The molecule has 0 saturated heterocycles. The second kappa shape index (κ2) is 8.90. The molecule has 1 atom stereocenters. The van der Waals surface area contributed by atoms with E-state index in [4.69, 9.17) is 9.15 Å². The molecule has 6 rings (SSSR count). The highest BCUT2D eigenvalue weighted by Crippen LogP contribution is 2.44. The summed E-state index contributed by atoms with van der Waals surface area (Å²) in [5, 5.41) is 12.2. The number of anilines is 1. The summed E-state index contributed by atoms with van der Waals surface area (Å²) in [6.07, 6.45) is 0. The van der Waals surface area contributed by atoms with Gasteiger partial charge in [-0.05, 0) is 49.7 Å². The lowest BCUT2D eigenvalue weighted by molar-refractivity contribution is -0.117. The number of amides is 1. The van der Waals surface area contributed by atoms with Crippen molar-refractivity contribution in [2.24, 2.45) is 0 Å². The van der Waals surface area contributed by atoms with Gasteiger partial charge in [0.1, 0.15) is 11.3 Å². The van der Waals surface area contributed by atoms with Gasteiger partial charge in [0.15, 0.2) is 16.7 Å². The van der Waals surface area contributed by atoms with Gasteiger partial charge in [-0.25, -0.2) is 4.98 Å². The average molecular weight is 511 g/mol. The largest absolute Gasteiger partial charge is 0.503 e. The predicted octanol–water partition coefficient (Wildman–Crippen LogP) is 6.53. The predicted molar refractivity (Wildman–Crippen MR) is 142 cm³/mol. The van der Waals surface area contributed by atoms with E-state index in [2.05, 4.69) is 4.98 Å². The molecular formula is C29H22N2O5S. The quantitative estimate of drug-likeness (QED) is 0.261. The minimum atomic E-state index is -0.874. The van der Waals surface area contributed by atoms with Gasteiger partial charge in [-0.1, -0.05) is 59.4 Å². The highest BCUT2D eigenvalue weighted by molar-refractivity contribution is 7.22. The van der Waals surface area contributed by atoms with E-state index in [1.165, 1.54) is 16.2 Å². The molecule has 1 N–H and O–H groups in total. The van der Waals surface area contributed by atoms with Crippen LogP contribution in [0, 0.1) is 6.92 Å². The standard InChI is InChI=1S/C29H22N2O5S/c1-3-35-19-12-13-20-23(15-19)37-29(30-20)31-25(17-10-8-16(2)9-11-17)24(27(33)28(31)34)26(32)22-14-18-6-4-5-7-21(18)36-22/h4-15,25,33H,3H2,1-2H3. The fourth-order valence-electron chi connectivity index (χ4n) is 4.58. The summed E-state index contributed by atoms with van der Waals surface area (Å²) >= 11 is 1.30. The van der Waals surface area contributed by atoms with Crippen molar-refractivity contribution >= 4 is 49.3 Å². The van der Waals surface area contributed by atoms with E-state index in [0.29, 0.717) is 34.2 Å². The molecule has 1 amide bonds. The number of thiazole rings is 1. The molecule has 37 heavy (non-hydrogen) atoms. The smallest absolute Gasteiger partial charge is 0.296 e. The molecule has 1 unspecified atom stereocenters. The molecule has 184 valence electrons. The lowest BCUT2D eigenvalue weighted by atomic mass is 9.94. The number of rotatable bonds is 6. The van der Waals surface area contributed by atoms with E-state index in [1.54, 1.807) is 12.1 Å². The number of hydrogen-bond donors (Lipinski definition) is 1. The molecule has 1 aliphatic heterocycles. The first kappa shape index (κ1) is 23.0. The van der Waals surface area contributed by atoms with E-state index in [1.807, 2.05) is 74.5 Å². The van der Waals surface area contributed by atoms with Crippen molar-refractivity contribution in [3.05, 3.63) is 101 Å². The number of furan rings is 1. The molecule has 2 aromatic heterocycles. The summed E-state index contributed by atoms with van der Waals surface area (Å²) in [5.41, 5.74) is 2.91. The summed E-state index contributed by atoms with van der Waals surface area (Å²) in [6, 6.07) is 21.1. The first-order chi connectivity index (χ1) is 17.9. The Morgan fingerprint density at radius 1 is 1.11 bits per heavy atom. The summed E-state index contributed by atoms with van der Waals surface area (Å²) in [4.78, 5) is 33.3. The van der Waals surface area contributed by atoms with Crippen LogP contribution in [0.4, 0.5) is 5.13 Å². The fourth-order valence-corrected chi connectivity index (χ4v) is 5.60. The zero-order valence-corrected chi connectivity index (χ0v) is 20.9. The van der Waals surface area contributed by atoms with Crippen LogP contribution in [0.2, 0.25) is 0 Å². The van der Waals surface area contributed by atoms with Crippen molar-refractivity contribution < 1.29 is 23.8 Å². The number of para-hydroxylation sites is 1. The highest BCUT2D eigenvalue weighted by Gasteiger charge is 2.46. The molecule has 5 aromatic rings. The van der Waals surface area contributed by atoms with Crippen molar-refractivity contribution in [2.75, 3.05) is 11.5 Å². The third-order valence-electron chi connectivity index (χ3n) is 6.36. The Morgan fingerprint density at radius 3 is 2.65 bits per heavy atom. The molecule has 3 heterocycles. The van der Waals surface area contributed by atoms with Gasteiger partial charge in [0.25, 0.3) is 5.91 Å². The van der Waals surface area contributed by atoms with Gasteiger partial charge in [0.05, 0.1) is 28.4 Å². The Bertz CT molecular complexity index is 1680. The molecule has 7 nitrogen and oxygen atoms in total. The van der Waals surface area contributed by atoms with Crippen LogP contribution in [-0.2, 0) is 4.79 Å². The van der Waals surface area contributed by atoms with E-state index >= 15 is 0 Å². The van der Waals surface area contributed by atoms with Crippen molar-refractivity contribution in [3.8, 4) is 5.75 Å². The number of aliphatic hydroxyl groups excluding tert-OH is 1. The molecule has 0 aliphatic carbocycles. The normalized spacial score (nSPS) is 15.8. The van der Waals surface area contributed by atoms with Crippen molar-refractivity contribution in [1.29, 1.82) is 0 Å². The third-order valence-corrected chi connectivity index (χ3v) is 7.38. The zero-order valence-electron chi connectivity index (χ0n) is 20.1. The van der Waals surface area contributed by atoms with E-state index in [-0.39, 0.29) is 11.3 Å². The Kier molecular flexibility index (Phi) is 5.53. The third kappa shape index (κ3) is 3.86. The number of fused-ring (bicyclic) bond motifs is 2. The van der Waals surface area contributed by atoms with Crippen LogP contribution in [0.3, 0.4) is 0 Å². The number of Topliss-reactive ketones (excluding diaryl/α,β-unsaturated/α-hetero) is 1. The second-order valence-electron chi connectivity index (χ2n) is 8.79. The van der Waals surface area contributed by atoms with Crippen LogP contribution in [0.5, 0.6) is 5.75 Å². The SMILES string of the molecule is CCOc1ccc2nc(N3C(=O)C(O)=C(C(=O)c4cc5ccccc5o4)C3c3ccc(C)cc3)sc2c1. The van der Waals surface area contributed by atoms with E-state index in [9.17, 15) is 14.7 Å². The van der Waals surface area contributed by atoms with Crippen molar-refractivity contribution in [1.82, 2.24) is 4.98 Å². The monoisotopic (exact) mass is 510 g/mol. The Balaban J connectivity index is 1.48. The maximum atomic E-state index is 13.8. The summed E-state index contributed by atoms with van der Waals surface area (Å²) in [5.74, 6) is -1.08. The van der Waals surface area contributed by atoms with E-state index < -0.39 is 23.5 Å². The molecular weight excluding hydrogens is 488 g/mol. The molecule has 3 aromatic carbocycles. The number of carbonyl (C=O) groups is 2. The van der Waals surface area contributed by atoms with Crippen LogP contribution in [0.25, 0.3) is 21.2 Å². The summed E-state index contributed by atoms with van der Waals surface area (Å²) in [6.45, 7) is 4.40. The fraction of sp³-hybridized carbons (Fsp3) is 0.138. The van der Waals surface area contributed by atoms with Gasteiger partial charge in [-0.15, -0.1) is 0 Å². The van der Waals surface area contributed by atoms with Gasteiger partial charge in [0.2, 0.25) is 5.78 Å². The Morgan fingerprint density at radius 2 is 1.89 bits per heavy atom. The molecule has 0 bridgehead atoms. The molecule has 0 radical (unpaired) electrons. The Hall–Kier alpha value is -4.43. The molecule has 0 fully saturated rings. The lowest BCUT2D eigenvalue weighted by Crippen LogP contribution is -2.30. The van der Waals surface area contributed by atoms with Crippen LogP contribution in [0.1, 0.15) is 34.6 Å². The molecule has 1 aliphatic rings. The van der Waals surface area contributed by atoms with Crippen LogP contribution in [-0.4, -0.2) is 28.4 Å². The maximum absolute atomic E-state index is 13.8. The van der Waals surface area contributed by atoms with Crippen molar-refractivity contribution in [3.63, 3.8) is 0 Å². The number of aryl methyl sites for hydroxylation is 1. The second-order valence-corrected chi connectivity index (χ2v) is 9.80. The molecule has 0 spiro atoms. The van der Waals surface area contributed by atoms with Gasteiger partial charge < -0.3 is 14.3 Å². The maximum Gasteiger partial charge on any atom is 0.296 e.